The molecule has 0 amide bonds. The van der Waals surface area contributed by atoms with Crippen molar-refractivity contribution in [3.63, 3.8) is 0 Å². The first kappa shape index (κ1) is 14.3. The third-order valence-electron chi connectivity index (χ3n) is 3.10. The molecule has 106 valence electrons. The highest BCUT2D eigenvalue weighted by atomic mass is 19.1. The number of methoxy groups -OCH3 is 1. The van der Waals surface area contributed by atoms with Crippen LogP contribution >= 0.6 is 0 Å². The number of benzene rings is 1. The van der Waals surface area contributed by atoms with E-state index in [9.17, 15) is 4.39 Å². The summed E-state index contributed by atoms with van der Waals surface area (Å²) in [4.78, 5) is 4.10. The summed E-state index contributed by atoms with van der Waals surface area (Å²) in [5.41, 5.74) is 7.68. The van der Waals surface area contributed by atoms with Gasteiger partial charge in [0.25, 0.3) is 0 Å². The van der Waals surface area contributed by atoms with E-state index in [2.05, 4.69) is 10.3 Å². The van der Waals surface area contributed by atoms with Crippen LogP contribution in [0.1, 0.15) is 24.1 Å². The second-order valence-electron chi connectivity index (χ2n) is 4.36. The van der Waals surface area contributed by atoms with Crippen molar-refractivity contribution >= 4 is 5.82 Å². The van der Waals surface area contributed by atoms with Gasteiger partial charge in [-0.25, -0.2) is 9.37 Å². The molecule has 0 radical (unpaired) electrons. The third kappa shape index (κ3) is 2.88. The highest BCUT2D eigenvalue weighted by molar-refractivity contribution is 5.46. The monoisotopic (exact) mass is 275 g/mol. The molecule has 5 heteroatoms. The van der Waals surface area contributed by atoms with E-state index < -0.39 is 0 Å². The Labute approximate surface area is 117 Å². The van der Waals surface area contributed by atoms with Gasteiger partial charge in [-0.3, -0.25) is 0 Å². The lowest BCUT2D eigenvalue weighted by Crippen LogP contribution is -2.23. The number of pyridine rings is 1. The van der Waals surface area contributed by atoms with Gasteiger partial charge in [-0.1, -0.05) is 19.1 Å². The summed E-state index contributed by atoms with van der Waals surface area (Å²) in [6.07, 6.45) is 1.65. The van der Waals surface area contributed by atoms with Crippen molar-refractivity contribution in [2.24, 2.45) is 0 Å². The van der Waals surface area contributed by atoms with E-state index in [-0.39, 0.29) is 17.6 Å². The van der Waals surface area contributed by atoms with Gasteiger partial charge < -0.3 is 15.8 Å². The first-order chi connectivity index (χ1) is 9.67. The number of ether oxygens (including phenoxy) is 1. The van der Waals surface area contributed by atoms with Crippen LogP contribution in [0.4, 0.5) is 10.2 Å². The molecule has 0 saturated carbocycles. The molecule has 1 aromatic carbocycles. The maximum Gasteiger partial charge on any atom is 0.165 e. The smallest absolute Gasteiger partial charge is 0.165 e. The molecule has 0 bridgehead atoms. The van der Waals surface area contributed by atoms with Crippen LogP contribution in [0.15, 0.2) is 36.5 Å². The van der Waals surface area contributed by atoms with Crippen LogP contribution in [0, 0.1) is 5.82 Å². The number of hydrogen-bond donors (Lipinski definition) is 2. The summed E-state index contributed by atoms with van der Waals surface area (Å²) >= 11 is 0. The van der Waals surface area contributed by atoms with Gasteiger partial charge in [-0.2, -0.15) is 0 Å². The number of hydrogen-bond acceptors (Lipinski definition) is 4. The maximum atomic E-state index is 13.5. The summed E-state index contributed by atoms with van der Waals surface area (Å²) in [7, 11) is 1.45. The van der Waals surface area contributed by atoms with Gasteiger partial charge >= 0.3 is 0 Å². The topological polar surface area (TPSA) is 60.2 Å². The van der Waals surface area contributed by atoms with Crippen molar-refractivity contribution in [2.45, 2.75) is 13.0 Å². The molecular weight excluding hydrogens is 257 g/mol. The predicted molar refractivity (Wildman–Crippen MR) is 77.1 cm³/mol. The van der Waals surface area contributed by atoms with E-state index in [0.717, 1.165) is 17.7 Å². The molecule has 0 aliphatic heterocycles. The molecule has 2 aromatic rings. The number of nitrogens with two attached hydrogens (primary N) is 1. The Hall–Kier alpha value is -2.14. The number of aromatic nitrogens is 1. The highest BCUT2D eigenvalue weighted by Crippen LogP contribution is 2.29. The summed E-state index contributed by atoms with van der Waals surface area (Å²) in [5.74, 6) is 0.292. The van der Waals surface area contributed by atoms with E-state index in [1.165, 1.54) is 13.2 Å². The first-order valence-corrected chi connectivity index (χ1v) is 6.44. The van der Waals surface area contributed by atoms with Gasteiger partial charge in [0, 0.05) is 11.8 Å². The average Bonchev–Trinajstić information content (AvgIpc) is 2.46. The number of rotatable bonds is 5. The number of halogens is 1. The van der Waals surface area contributed by atoms with E-state index >= 15 is 0 Å². The zero-order valence-corrected chi connectivity index (χ0v) is 11.6. The van der Waals surface area contributed by atoms with E-state index in [1.807, 2.05) is 19.1 Å². The molecular formula is C15H18FN3O. The van der Waals surface area contributed by atoms with Gasteiger partial charge in [0.05, 0.1) is 13.2 Å². The standard InChI is InChI=1S/C15H18FN3O/c1-3-18-14(11-5-4-8-19-15(11)17)10-6-7-12(16)13(9-10)20-2/h4-9,14,18H,3H2,1-2H3,(H2,17,19). The molecule has 0 saturated heterocycles. The highest BCUT2D eigenvalue weighted by Gasteiger charge is 2.17. The molecule has 3 N–H and O–H groups in total. The van der Waals surface area contributed by atoms with Crippen molar-refractivity contribution in [1.29, 1.82) is 0 Å². The lowest BCUT2D eigenvalue weighted by molar-refractivity contribution is 0.385. The molecule has 1 aromatic heterocycles. The quantitative estimate of drug-likeness (QED) is 0.880. The van der Waals surface area contributed by atoms with Gasteiger partial charge in [0.15, 0.2) is 11.6 Å². The van der Waals surface area contributed by atoms with Gasteiger partial charge in [-0.15, -0.1) is 0 Å². The van der Waals surface area contributed by atoms with Gasteiger partial charge in [-0.05, 0) is 30.3 Å². The average molecular weight is 275 g/mol. The van der Waals surface area contributed by atoms with E-state index in [0.29, 0.717) is 5.82 Å². The van der Waals surface area contributed by atoms with Crippen LogP contribution in [0.2, 0.25) is 0 Å². The van der Waals surface area contributed by atoms with Crippen LogP contribution in [0.25, 0.3) is 0 Å². The van der Waals surface area contributed by atoms with Crippen LogP contribution in [0.5, 0.6) is 5.75 Å². The minimum atomic E-state index is -0.384. The second-order valence-corrected chi connectivity index (χ2v) is 4.36. The summed E-state index contributed by atoms with van der Waals surface area (Å²) in [6, 6.07) is 8.38. The predicted octanol–water partition coefficient (Wildman–Crippen LogP) is 2.51. The Bertz CT molecular complexity index is 589. The summed E-state index contributed by atoms with van der Waals surface area (Å²) in [5, 5.41) is 3.33. The Morgan fingerprint density at radius 3 is 2.85 bits per heavy atom. The lowest BCUT2D eigenvalue weighted by atomic mass is 9.99. The zero-order chi connectivity index (χ0) is 14.5. The van der Waals surface area contributed by atoms with Crippen LogP contribution < -0.4 is 15.8 Å². The largest absolute Gasteiger partial charge is 0.494 e. The SMILES string of the molecule is CCNC(c1ccc(F)c(OC)c1)c1cccnc1N. The molecule has 2 rings (SSSR count). The second kappa shape index (κ2) is 6.34. The minimum absolute atomic E-state index is 0.150. The summed E-state index contributed by atoms with van der Waals surface area (Å²) in [6.45, 7) is 2.75. The summed E-state index contributed by atoms with van der Waals surface area (Å²) < 4.78 is 18.5. The van der Waals surface area contributed by atoms with E-state index in [4.69, 9.17) is 10.5 Å². The number of nitrogens with zero attached hydrogens (tertiary/aromatic N) is 1. The minimum Gasteiger partial charge on any atom is -0.494 e. The molecule has 4 nitrogen and oxygen atoms in total. The third-order valence-corrected chi connectivity index (χ3v) is 3.10. The van der Waals surface area contributed by atoms with Crippen LogP contribution in [0.3, 0.4) is 0 Å². The molecule has 0 spiro atoms. The van der Waals surface area contributed by atoms with Crippen molar-refractivity contribution in [1.82, 2.24) is 10.3 Å². The fraction of sp³-hybridized carbons (Fsp3) is 0.267. The normalized spacial score (nSPS) is 12.2. The lowest BCUT2D eigenvalue weighted by Gasteiger charge is -2.20. The Kier molecular flexibility index (Phi) is 4.53. The molecule has 1 atom stereocenters. The maximum absolute atomic E-state index is 13.5. The van der Waals surface area contributed by atoms with Gasteiger partial charge in [0.2, 0.25) is 0 Å². The van der Waals surface area contributed by atoms with Crippen molar-refractivity contribution in [3.05, 3.63) is 53.5 Å². The van der Waals surface area contributed by atoms with Gasteiger partial charge in [0.1, 0.15) is 5.82 Å². The molecule has 1 heterocycles. The van der Waals surface area contributed by atoms with Crippen LogP contribution in [-0.4, -0.2) is 18.6 Å². The molecule has 20 heavy (non-hydrogen) atoms. The zero-order valence-electron chi connectivity index (χ0n) is 11.6. The fourth-order valence-corrected chi connectivity index (χ4v) is 2.14. The molecule has 0 aliphatic carbocycles. The van der Waals surface area contributed by atoms with Crippen molar-refractivity contribution < 1.29 is 9.13 Å². The Morgan fingerprint density at radius 2 is 2.20 bits per heavy atom. The first-order valence-electron chi connectivity index (χ1n) is 6.44. The Balaban J connectivity index is 2.46. The fourth-order valence-electron chi connectivity index (χ4n) is 2.14. The molecule has 1 unspecified atom stereocenters. The molecule has 0 fully saturated rings. The van der Waals surface area contributed by atoms with Crippen LogP contribution in [-0.2, 0) is 0 Å². The van der Waals surface area contributed by atoms with E-state index in [1.54, 1.807) is 18.3 Å². The molecule has 0 aliphatic rings. The Morgan fingerprint density at radius 1 is 1.40 bits per heavy atom. The number of nitrogens with one attached hydrogen (secondary N) is 1. The number of anilines is 1. The number of nitrogen functional groups attached to an aromatic ring is 1. The van der Waals surface area contributed by atoms with Crippen molar-refractivity contribution in [2.75, 3.05) is 19.4 Å². The van der Waals surface area contributed by atoms with Crippen molar-refractivity contribution in [3.8, 4) is 5.75 Å².